The number of nitrogens with zero attached hydrogens (tertiary/aromatic N) is 1. The molecule has 0 spiro atoms. The van der Waals surface area contributed by atoms with Crippen LogP contribution in [0, 0.1) is 5.92 Å². The van der Waals surface area contributed by atoms with Crippen LogP contribution < -0.4 is 20.1 Å². The quantitative estimate of drug-likeness (QED) is 0.615. The molecule has 0 bridgehead atoms. The molecule has 0 saturated carbocycles. The molecule has 1 amide bonds. The first-order valence-corrected chi connectivity index (χ1v) is 11.4. The minimum Gasteiger partial charge on any atom is -0.493 e. The smallest absolute Gasteiger partial charge is 0.286 e. The van der Waals surface area contributed by atoms with E-state index in [2.05, 4.69) is 15.0 Å². The number of amides is 1. The van der Waals surface area contributed by atoms with Crippen molar-refractivity contribution >= 4 is 27.5 Å². The first-order valence-electron chi connectivity index (χ1n) is 10.00. The summed E-state index contributed by atoms with van der Waals surface area (Å²) in [7, 11) is -0.547. The van der Waals surface area contributed by atoms with Gasteiger partial charge in [0.2, 0.25) is 5.91 Å². The maximum Gasteiger partial charge on any atom is 0.286 e. The predicted molar refractivity (Wildman–Crippen MR) is 119 cm³/mol. The molecular formula is C22H27N3O5S. The van der Waals surface area contributed by atoms with Crippen molar-refractivity contribution < 1.29 is 22.7 Å². The zero-order valence-electron chi connectivity index (χ0n) is 17.8. The molecule has 3 rings (SSSR count). The molecule has 0 saturated heterocycles. The van der Waals surface area contributed by atoms with Crippen LogP contribution in [0.15, 0.2) is 51.8 Å². The topological polar surface area (TPSA) is 106 Å². The fourth-order valence-electron chi connectivity index (χ4n) is 3.43. The number of carbonyl (C=O) groups excluding carboxylic acids is 1. The van der Waals surface area contributed by atoms with Gasteiger partial charge in [-0.25, -0.2) is 0 Å². The van der Waals surface area contributed by atoms with Gasteiger partial charge < -0.3 is 20.1 Å². The van der Waals surface area contributed by atoms with Gasteiger partial charge >= 0.3 is 0 Å². The first-order chi connectivity index (χ1) is 14.8. The number of sulfonamides is 1. The molecule has 8 nitrogen and oxygen atoms in total. The van der Waals surface area contributed by atoms with Crippen LogP contribution in [-0.4, -0.2) is 40.9 Å². The third kappa shape index (κ3) is 5.75. The molecule has 0 aromatic heterocycles. The Morgan fingerprint density at radius 1 is 1.13 bits per heavy atom. The fourth-order valence-corrected chi connectivity index (χ4v) is 4.59. The van der Waals surface area contributed by atoms with Crippen molar-refractivity contribution in [3.63, 3.8) is 0 Å². The van der Waals surface area contributed by atoms with E-state index in [9.17, 15) is 13.2 Å². The van der Waals surface area contributed by atoms with E-state index in [0.717, 1.165) is 5.56 Å². The summed E-state index contributed by atoms with van der Waals surface area (Å²) in [4.78, 5) is 12.5. The summed E-state index contributed by atoms with van der Waals surface area (Å²) in [6.45, 7) is 2.38. The Morgan fingerprint density at radius 3 is 2.61 bits per heavy atom. The van der Waals surface area contributed by atoms with Gasteiger partial charge in [-0.05, 0) is 42.2 Å². The highest BCUT2D eigenvalue weighted by Crippen LogP contribution is 2.29. The number of methoxy groups -OCH3 is 2. The van der Waals surface area contributed by atoms with Crippen molar-refractivity contribution in [3.05, 3.63) is 48.0 Å². The second-order valence-electron chi connectivity index (χ2n) is 7.44. The van der Waals surface area contributed by atoms with Gasteiger partial charge in [-0.15, -0.1) is 4.40 Å². The number of benzene rings is 2. The number of fused-ring (bicyclic) bond motifs is 1. The molecule has 1 heterocycles. The molecule has 31 heavy (non-hydrogen) atoms. The number of amidine groups is 1. The number of hydrogen-bond acceptors (Lipinski definition) is 6. The maximum absolute atomic E-state index is 12.3. The summed E-state index contributed by atoms with van der Waals surface area (Å²) in [5.41, 5.74) is 1.54. The Bertz CT molecular complexity index is 1080. The van der Waals surface area contributed by atoms with Crippen molar-refractivity contribution in [2.45, 2.75) is 31.1 Å². The van der Waals surface area contributed by atoms with E-state index in [-0.39, 0.29) is 23.1 Å². The number of para-hydroxylation sites is 1. The zero-order chi connectivity index (χ0) is 22.4. The van der Waals surface area contributed by atoms with E-state index in [4.69, 9.17) is 9.47 Å². The van der Waals surface area contributed by atoms with Gasteiger partial charge in [0.05, 0.1) is 19.9 Å². The number of anilines is 1. The summed E-state index contributed by atoms with van der Waals surface area (Å²) < 4.78 is 39.0. The lowest BCUT2D eigenvalue weighted by molar-refractivity contribution is -0.121. The van der Waals surface area contributed by atoms with Gasteiger partial charge in [-0.1, -0.05) is 25.1 Å². The molecule has 0 unspecified atom stereocenters. The van der Waals surface area contributed by atoms with Crippen LogP contribution >= 0.6 is 0 Å². The largest absolute Gasteiger partial charge is 0.493 e. The number of rotatable bonds is 9. The molecule has 1 aliphatic heterocycles. The van der Waals surface area contributed by atoms with E-state index in [0.29, 0.717) is 42.4 Å². The van der Waals surface area contributed by atoms with Crippen LogP contribution in [0.1, 0.15) is 25.3 Å². The average molecular weight is 446 g/mol. The normalized spacial score (nSPS) is 15.1. The molecule has 2 aromatic rings. The van der Waals surface area contributed by atoms with E-state index in [1.54, 1.807) is 32.4 Å². The SMILES string of the molecule is COc1ccc(CCNC(=O)C[C@@H](C)CC2=NS(=O)(=O)c3ccccc3N2)cc1OC. The van der Waals surface area contributed by atoms with Crippen LogP contribution in [0.5, 0.6) is 11.5 Å². The van der Waals surface area contributed by atoms with Crippen LogP contribution in [0.3, 0.4) is 0 Å². The Labute approximate surface area is 182 Å². The highest BCUT2D eigenvalue weighted by atomic mass is 32.2. The van der Waals surface area contributed by atoms with Crippen molar-refractivity contribution in [3.8, 4) is 11.5 Å². The van der Waals surface area contributed by atoms with Gasteiger partial charge in [-0.2, -0.15) is 8.42 Å². The third-order valence-electron chi connectivity index (χ3n) is 4.93. The molecule has 0 radical (unpaired) electrons. The van der Waals surface area contributed by atoms with Crippen molar-refractivity contribution in [2.24, 2.45) is 10.3 Å². The molecule has 1 aliphatic rings. The van der Waals surface area contributed by atoms with Crippen LogP contribution in [0.2, 0.25) is 0 Å². The van der Waals surface area contributed by atoms with E-state index in [1.807, 2.05) is 25.1 Å². The molecule has 0 fully saturated rings. The summed E-state index contributed by atoms with van der Waals surface area (Å²) in [5.74, 6) is 1.50. The highest BCUT2D eigenvalue weighted by molar-refractivity contribution is 7.90. The monoisotopic (exact) mass is 445 g/mol. The van der Waals surface area contributed by atoms with Gasteiger partial charge in [-0.3, -0.25) is 4.79 Å². The zero-order valence-corrected chi connectivity index (χ0v) is 18.7. The lowest BCUT2D eigenvalue weighted by atomic mass is 10.0. The van der Waals surface area contributed by atoms with Crippen LogP contribution in [-0.2, 0) is 21.2 Å². The number of hydrogen-bond donors (Lipinski definition) is 2. The van der Waals surface area contributed by atoms with Gasteiger partial charge in [0.15, 0.2) is 11.5 Å². The van der Waals surface area contributed by atoms with E-state index in [1.165, 1.54) is 6.07 Å². The van der Waals surface area contributed by atoms with Crippen LogP contribution in [0.25, 0.3) is 0 Å². The van der Waals surface area contributed by atoms with E-state index >= 15 is 0 Å². The maximum atomic E-state index is 12.3. The Morgan fingerprint density at radius 2 is 1.87 bits per heavy atom. The van der Waals surface area contributed by atoms with Gasteiger partial charge in [0.25, 0.3) is 10.0 Å². The summed E-state index contributed by atoms with van der Waals surface area (Å²) in [6, 6.07) is 12.3. The highest BCUT2D eigenvalue weighted by Gasteiger charge is 2.25. The lowest BCUT2D eigenvalue weighted by Gasteiger charge is -2.20. The predicted octanol–water partition coefficient (Wildman–Crippen LogP) is 2.99. The Kier molecular flexibility index (Phi) is 7.17. The molecule has 0 aliphatic carbocycles. The number of ether oxygens (including phenoxy) is 2. The van der Waals surface area contributed by atoms with Crippen molar-refractivity contribution in [1.82, 2.24) is 5.32 Å². The number of carbonyl (C=O) groups is 1. The minimum absolute atomic E-state index is 0.0761. The minimum atomic E-state index is -3.72. The van der Waals surface area contributed by atoms with Gasteiger partial charge in [0, 0.05) is 19.4 Å². The first kappa shape index (κ1) is 22.6. The van der Waals surface area contributed by atoms with E-state index < -0.39 is 10.0 Å². The Hall–Kier alpha value is -3.07. The summed E-state index contributed by atoms with van der Waals surface area (Å²) >= 11 is 0. The second-order valence-corrected chi connectivity index (χ2v) is 9.01. The average Bonchev–Trinajstić information content (AvgIpc) is 2.73. The van der Waals surface area contributed by atoms with Crippen molar-refractivity contribution in [2.75, 3.05) is 26.1 Å². The molecule has 166 valence electrons. The summed E-state index contributed by atoms with van der Waals surface area (Å²) in [6.07, 6.45) is 1.29. The molecule has 1 atom stereocenters. The lowest BCUT2D eigenvalue weighted by Crippen LogP contribution is -2.29. The van der Waals surface area contributed by atoms with Gasteiger partial charge in [0.1, 0.15) is 10.7 Å². The van der Waals surface area contributed by atoms with Crippen molar-refractivity contribution in [1.29, 1.82) is 0 Å². The molecule has 9 heteroatoms. The molecular weight excluding hydrogens is 418 g/mol. The summed E-state index contributed by atoms with van der Waals surface area (Å²) in [5, 5.41) is 5.97. The second kappa shape index (κ2) is 9.82. The van der Waals surface area contributed by atoms with Crippen LogP contribution in [0.4, 0.5) is 5.69 Å². The fraction of sp³-hybridized carbons (Fsp3) is 0.364. The molecule has 2 N–H and O–H groups in total. The number of nitrogens with one attached hydrogen (secondary N) is 2. The molecule has 2 aromatic carbocycles. The Balaban J connectivity index is 1.49. The third-order valence-corrected chi connectivity index (χ3v) is 6.31. The standard InChI is InChI=1S/C22H27N3O5S/c1-15(12-21-24-17-6-4-5-7-20(17)31(27,28)25-21)13-22(26)23-11-10-16-8-9-18(29-2)19(14-16)30-3/h4-9,14-15H,10-13H2,1-3H3,(H,23,26)(H,24,25)/t15-/m0/s1.